The molecule has 0 unspecified atom stereocenters. The van der Waals surface area contributed by atoms with Crippen molar-refractivity contribution < 1.29 is 0 Å². The second kappa shape index (κ2) is 8.50. The van der Waals surface area contributed by atoms with E-state index in [4.69, 9.17) is 4.98 Å². The van der Waals surface area contributed by atoms with E-state index in [1.807, 2.05) is 12.1 Å². The van der Waals surface area contributed by atoms with Gasteiger partial charge in [0.05, 0.1) is 29.0 Å². The Kier molecular flexibility index (Phi) is 5.19. The zero-order valence-electron chi connectivity index (χ0n) is 19.5. The first kappa shape index (κ1) is 20.7. The van der Waals surface area contributed by atoms with Crippen LogP contribution in [0.2, 0.25) is 0 Å². The third-order valence-corrected chi connectivity index (χ3v) is 7.47. The first-order valence-electron chi connectivity index (χ1n) is 12.2. The Morgan fingerprint density at radius 2 is 1.71 bits per heavy atom. The molecule has 1 fully saturated rings. The molecule has 3 heterocycles. The zero-order chi connectivity index (χ0) is 23.1. The van der Waals surface area contributed by atoms with E-state index >= 15 is 0 Å². The summed E-state index contributed by atoms with van der Waals surface area (Å²) in [5.41, 5.74) is 7.40. The van der Waals surface area contributed by atoms with Crippen molar-refractivity contribution in [2.75, 3.05) is 0 Å². The van der Waals surface area contributed by atoms with Crippen LogP contribution in [-0.4, -0.2) is 14.1 Å². The van der Waals surface area contributed by atoms with Gasteiger partial charge in [0.2, 0.25) is 0 Å². The first-order chi connectivity index (χ1) is 16.7. The summed E-state index contributed by atoms with van der Waals surface area (Å²) < 4.78 is 4.54. The lowest BCUT2D eigenvalue weighted by Gasteiger charge is -2.22. The molecular formula is C30H28N4. The molecule has 0 bridgehead atoms. The SMILES string of the molecule is Cn1ccc2cc(-c3ncc4c(ccn4CC4CCCCC4)c3-c3ccc(C#N)cc3)ccc21. The van der Waals surface area contributed by atoms with Crippen LogP contribution in [0.5, 0.6) is 0 Å². The molecule has 34 heavy (non-hydrogen) atoms. The summed E-state index contributed by atoms with van der Waals surface area (Å²) >= 11 is 0. The number of pyridine rings is 1. The maximum Gasteiger partial charge on any atom is 0.0991 e. The molecule has 1 saturated carbocycles. The quantitative estimate of drug-likeness (QED) is 0.292. The van der Waals surface area contributed by atoms with Crippen LogP contribution < -0.4 is 0 Å². The highest BCUT2D eigenvalue weighted by molar-refractivity contribution is 6.02. The van der Waals surface area contributed by atoms with Crippen molar-refractivity contribution in [3.05, 3.63) is 78.8 Å². The van der Waals surface area contributed by atoms with Gasteiger partial charge >= 0.3 is 0 Å². The van der Waals surface area contributed by atoms with E-state index in [0.717, 1.165) is 34.8 Å². The predicted molar refractivity (Wildman–Crippen MR) is 138 cm³/mol. The van der Waals surface area contributed by atoms with E-state index in [1.54, 1.807) is 0 Å². The van der Waals surface area contributed by atoms with Crippen LogP contribution in [0.3, 0.4) is 0 Å². The van der Waals surface area contributed by atoms with Crippen molar-refractivity contribution in [2.24, 2.45) is 13.0 Å². The van der Waals surface area contributed by atoms with Crippen molar-refractivity contribution in [2.45, 2.75) is 38.6 Å². The van der Waals surface area contributed by atoms with Gasteiger partial charge in [-0.3, -0.25) is 4.98 Å². The van der Waals surface area contributed by atoms with Crippen molar-refractivity contribution in [3.8, 4) is 28.5 Å². The van der Waals surface area contributed by atoms with E-state index in [1.165, 1.54) is 53.9 Å². The molecule has 2 aromatic carbocycles. The normalized spacial score (nSPS) is 14.6. The maximum atomic E-state index is 9.30. The molecule has 5 aromatic rings. The fourth-order valence-electron chi connectivity index (χ4n) is 5.62. The van der Waals surface area contributed by atoms with Crippen LogP contribution in [0, 0.1) is 17.2 Å². The van der Waals surface area contributed by atoms with E-state index in [9.17, 15) is 5.26 Å². The van der Waals surface area contributed by atoms with E-state index in [0.29, 0.717) is 5.56 Å². The molecule has 1 aliphatic carbocycles. The number of rotatable bonds is 4. The first-order valence-corrected chi connectivity index (χ1v) is 12.2. The lowest BCUT2D eigenvalue weighted by molar-refractivity contribution is 0.322. The summed E-state index contributed by atoms with van der Waals surface area (Å²) in [6.07, 6.45) is 13.1. The van der Waals surface area contributed by atoms with Crippen LogP contribution in [-0.2, 0) is 13.6 Å². The molecule has 6 rings (SSSR count). The van der Waals surface area contributed by atoms with Gasteiger partial charge in [-0.1, -0.05) is 37.5 Å². The number of aromatic nitrogens is 3. The minimum Gasteiger partial charge on any atom is -0.351 e. The lowest BCUT2D eigenvalue weighted by atomic mass is 9.89. The summed E-state index contributed by atoms with van der Waals surface area (Å²) in [6.45, 7) is 1.06. The average molecular weight is 445 g/mol. The molecule has 3 aromatic heterocycles. The number of benzene rings is 2. The van der Waals surface area contributed by atoms with Crippen LogP contribution in [0.25, 0.3) is 44.2 Å². The Bertz CT molecular complexity index is 1520. The van der Waals surface area contributed by atoms with Gasteiger partial charge in [-0.15, -0.1) is 0 Å². The molecule has 0 spiro atoms. The summed E-state index contributed by atoms with van der Waals surface area (Å²) in [5.74, 6) is 0.753. The molecule has 4 nitrogen and oxygen atoms in total. The van der Waals surface area contributed by atoms with E-state index < -0.39 is 0 Å². The van der Waals surface area contributed by atoms with Crippen molar-refractivity contribution in [1.82, 2.24) is 14.1 Å². The molecular weight excluding hydrogens is 416 g/mol. The Morgan fingerprint density at radius 1 is 0.912 bits per heavy atom. The van der Waals surface area contributed by atoms with Gasteiger partial charge in [-0.25, -0.2) is 0 Å². The third-order valence-electron chi connectivity index (χ3n) is 7.47. The molecule has 0 aliphatic heterocycles. The molecule has 0 amide bonds. The summed E-state index contributed by atoms with van der Waals surface area (Å²) in [4.78, 5) is 5.04. The van der Waals surface area contributed by atoms with Crippen molar-refractivity contribution in [1.29, 1.82) is 5.26 Å². The minimum atomic E-state index is 0.672. The highest BCUT2D eigenvalue weighted by atomic mass is 15.0. The highest BCUT2D eigenvalue weighted by Gasteiger charge is 2.19. The topological polar surface area (TPSA) is 46.5 Å². The van der Waals surface area contributed by atoms with Crippen LogP contribution in [0.15, 0.2) is 73.2 Å². The molecule has 0 N–H and O–H groups in total. The number of hydrogen-bond donors (Lipinski definition) is 0. The Hall–Kier alpha value is -3.84. The number of fused-ring (bicyclic) bond motifs is 2. The van der Waals surface area contributed by atoms with Crippen LogP contribution in [0.1, 0.15) is 37.7 Å². The second-order valence-electron chi connectivity index (χ2n) is 9.64. The Morgan fingerprint density at radius 3 is 2.50 bits per heavy atom. The predicted octanol–water partition coefficient (Wildman–Crippen LogP) is 7.31. The van der Waals surface area contributed by atoms with Crippen molar-refractivity contribution in [3.63, 3.8) is 0 Å². The number of aryl methyl sites for hydroxylation is 1. The molecule has 0 radical (unpaired) electrons. The standard InChI is InChI=1S/C30H28N4/c1-33-15-13-24-17-25(11-12-27(24)33)30-29(23-9-7-21(18-31)8-10-23)26-14-16-34(28(26)19-32-30)20-22-5-3-2-4-6-22/h7-17,19,22H,2-6,20H2,1H3. The van der Waals surface area contributed by atoms with Gasteiger partial charge in [-0.2, -0.15) is 5.26 Å². The average Bonchev–Trinajstić information content (AvgIpc) is 3.47. The van der Waals surface area contributed by atoms with E-state index in [2.05, 4.69) is 83.3 Å². The molecule has 168 valence electrons. The van der Waals surface area contributed by atoms with Crippen LogP contribution >= 0.6 is 0 Å². The summed E-state index contributed by atoms with van der Waals surface area (Å²) in [7, 11) is 2.07. The second-order valence-corrected chi connectivity index (χ2v) is 9.64. The molecule has 0 atom stereocenters. The van der Waals surface area contributed by atoms with Crippen LogP contribution in [0.4, 0.5) is 0 Å². The Balaban J connectivity index is 1.52. The van der Waals surface area contributed by atoms with Gasteiger partial charge in [0.15, 0.2) is 0 Å². The smallest absolute Gasteiger partial charge is 0.0991 e. The monoisotopic (exact) mass is 444 g/mol. The third kappa shape index (κ3) is 3.58. The molecule has 0 saturated heterocycles. The zero-order valence-corrected chi connectivity index (χ0v) is 19.5. The van der Waals surface area contributed by atoms with Gasteiger partial charge in [0.25, 0.3) is 0 Å². The fourth-order valence-corrected chi connectivity index (χ4v) is 5.62. The van der Waals surface area contributed by atoms with Crippen molar-refractivity contribution >= 4 is 21.8 Å². The highest BCUT2D eigenvalue weighted by Crippen LogP contribution is 2.38. The number of nitrogens with zero attached hydrogens (tertiary/aromatic N) is 4. The number of hydrogen-bond acceptors (Lipinski definition) is 2. The summed E-state index contributed by atoms with van der Waals surface area (Å²) in [5, 5.41) is 11.7. The largest absolute Gasteiger partial charge is 0.351 e. The van der Waals surface area contributed by atoms with Gasteiger partial charge < -0.3 is 9.13 Å². The van der Waals surface area contributed by atoms with Gasteiger partial charge in [-0.05, 0) is 60.7 Å². The fraction of sp³-hybridized carbons (Fsp3) is 0.267. The summed E-state index contributed by atoms with van der Waals surface area (Å²) in [6, 6.07) is 21.1. The van der Waals surface area contributed by atoms with E-state index in [-0.39, 0.29) is 0 Å². The maximum absolute atomic E-state index is 9.30. The lowest BCUT2D eigenvalue weighted by Crippen LogP contribution is -2.13. The van der Waals surface area contributed by atoms with Gasteiger partial charge in [0.1, 0.15) is 0 Å². The number of nitriles is 1. The van der Waals surface area contributed by atoms with Gasteiger partial charge in [0, 0.05) is 53.4 Å². The minimum absolute atomic E-state index is 0.672. The Labute approximate surface area is 200 Å². The molecule has 4 heteroatoms. The molecule has 1 aliphatic rings.